The van der Waals surface area contributed by atoms with Crippen LogP contribution in [0.5, 0.6) is 0 Å². The van der Waals surface area contributed by atoms with Crippen LogP contribution in [0.25, 0.3) is 0 Å². The van der Waals surface area contributed by atoms with Gasteiger partial charge in [0.05, 0.1) is 11.8 Å². The Bertz CT molecular complexity index is 146. The van der Waals surface area contributed by atoms with Crippen molar-refractivity contribution >= 4 is 17.6 Å². The lowest BCUT2D eigenvalue weighted by Crippen LogP contribution is -2.23. The van der Waals surface area contributed by atoms with Crippen LogP contribution in [0.1, 0.15) is 26.7 Å². The first-order valence-electron chi connectivity index (χ1n) is 4.56. The Balaban J connectivity index is 3.72. The minimum absolute atomic E-state index is 0.00116. The molecule has 1 atom stereocenters. The van der Waals surface area contributed by atoms with Gasteiger partial charge in [0.15, 0.2) is 0 Å². The number of esters is 1. The van der Waals surface area contributed by atoms with Crippen molar-refractivity contribution in [2.75, 3.05) is 12.5 Å². The molecule has 0 saturated carbocycles. The highest BCUT2D eigenvalue weighted by molar-refractivity contribution is 6.18. The molecule has 0 aliphatic carbocycles. The van der Waals surface area contributed by atoms with E-state index in [2.05, 4.69) is 0 Å². The summed E-state index contributed by atoms with van der Waals surface area (Å²) in [6.45, 7) is 3.87. The zero-order valence-electron chi connectivity index (χ0n) is 8.12. The van der Waals surface area contributed by atoms with Crippen molar-refractivity contribution in [3.8, 4) is 0 Å². The van der Waals surface area contributed by atoms with Gasteiger partial charge in [0.2, 0.25) is 0 Å². The summed E-state index contributed by atoms with van der Waals surface area (Å²) in [6, 6.07) is 0. The SMILES string of the molecule is CCC(CC)C(=O)OCC(O)CCl. The molecule has 0 rings (SSSR count). The van der Waals surface area contributed by atoms with Crippen molar-refractivity contribution in [2.45, 2.75) is 32.8 Å². The van der Waals surface area contributed by atoms with Gasteiger partial charge in [0, 0.05) is 0 Å². The second kappa shape index (κ2) is 7.15. The first-order chi connectivity index (χ1) is 6.15. The van der Waals surface area contributed by atoms with Crippen LogP contribution in [0.15, 0.2) is 0 Å². The van der Waals surface area contributed by atoms with E-state index in [0.717, 1.165) is 12.8 Å². The molecule has 0 aromatic rings. The van der Waals surface area contributed by atoms with Gasteiger partial charge in [-0.05, 0) is 12.8 Å². The summed E-state index contributed by atoms with van der Waals surface area (Å²) in [4.78, 5) is 11.2. The van der Waals surface area contributed by atoms with Crippen LogP contribution >= 0.6 is 11.6 Å². The van der Waals surface area contributed by atoms with Gasteiger partial charge in [-0.1, -0.05) is 13.8 Å². The smallest absolute Gasteiger partial charge is 0.308 e. The van der Waals surface area contributed by atoms with Crippen LogP contribution in [0.4, 0.5) is 0 Å². The minimum atomic E-state index is -0.750. The molecule has 0 aliphatic heterocycles. The van der Waals surface area contributed by atoms with Crippen molar-refractivity contribution in [1.29, 1.82) is 0 Å². The van der Waals surface area contributed by atoms with E-state index in [1.165, 1.54) is 0 Å². The highest BCUT2D eigenvalue weighted by Gasteiger charge is 2.16. The quantitative estimate of drug-likeness (QED) is 0.533. The summed E-state index contributed by atoms with van der Waals surface area (Å²) >= 11 is 5.34. The fraction of sp³-hybridized carbons (Fsp3) is 0.889. The summed E-state index contributed by atoms with van der Waals surface area (Å²) < 4.78 is 4.87. The highest BCUT2D eigenvalue weighted by atomic mass is 35.5. The third kappa shape index (κ3) is 5.11. The van der Waals surface area contributed by atoms with E-state index in [4.69, 9.17) is 21.4 Å². The van der Waals surface area contributed by atoms with E-state index in [0.29, 0.717) is 0 Å². The van der Waals surface area contributed by atoms with Crippen LogP contribution in [-0.4, -0.2) is 29.7 Å². The Labute approximate surface area is 84.0 Å². The summed E-state index contributed by atoms with van der Waals surface area (Å²) in [5.74, 6) is -0.201. The Morgan fingerprint density at radius 2 is 2.00 bits per heavy atom. The number of hydrogen-bond donors (Lipinski definition) is 1. The van der Waals surface area contributed by atoms with E-state index < -0.39 is 6.10 Å². The number of rotatable bonds is 6. The molecule has 0 bridgehead atoms. The topological polar surface area (TPSA) is 46.5 Å². The molecule has 3 nitrogen and oxygen atoms in total. The number of ether oxygens (including phenoxy) is 1. The van der Waals surface area contributed by atoms with Gasteiger partial charge >= 0.3 is 5.97 Å². The van der Waals surface area contributed by atoms with Crippen molar-refractivity contribution in [3.05, 3.63) is 0 Å². The fourth-order valence-corrected chi connectivity index (χ4v) is 1.05. The van der Waals surface area contributed by atoms with E-state index >= 15 is 0 Å². The van der Waals surface area contributed by atoms with E-state index in [9.17, 15) is 4.79 Å². The van der Waals surface area contributed by atoms with Crippen molar-refractivity contribution < 1.29 is 14.6 Å². The maximum absolute atomic E-state index is 11.2. The number of carbonyl (C=O) groups excluding carboxylic acids is 1. The molecule has 78 valence electrons. The second-order valence-electron chi connectivity index (χ2n) is 2.95. The monoisotopic (exact) mass is 208 g/mol. The van der Waals surface area contributed by atoms with Gasteiger partial charge in [0.25, 0.3) is 0 Å². The van der Waals surface area contributed by atoms with Crippen LogP contribution < -0.4 is 0 Å². The molecular weight excluding hydrogens is 192 g/mol. The van der Waals surface area contributed by atoms with Crippen LogP contribution in [-0.2, 0) is 9.53 Å². The molecule has 0 spiro atoms. The zero-order valence-corrected chi connectivity index (χ0v) is 8.88. The molecule has 13 heavy (non-hydrogen) atoms. The highest BCUT2D eigenvalue weighted by Crippen LogP contribution is 2.09. The molecule has 1 N–H and O–H groups in total. The van der Waals surface area contributed by atoms with Crippen molar-refractivity contribution in [3.63, 3.8) is 0 Å². The Morgan fingerprint density at radius 1 is 1.46 bits per heavy atom. The molecule has 0 aromatic carbocycles. The van der Waals surface area contributed by atoms with Crippen LogP contribution in [0.2, 0.25) is 0 Å². The standard InChI is InChI=1S/C9H17ClO3/c1-3-7(4-2)9(12)13-6-8(11)5-10/h7-8,11H,3-6H2,1-2H3. The molecule has 4 heteroatoms. The summed E-state index contributed by atoms with van der Waals surface area (Å²) in [5.41, 5.74) is 0. The van der Waals surface area contributed by atoms with Gasteiger partial charge < -0.3 is 9.84 Å². The normalized spacial score (nSPS) is 13.0. The third-order valence-electron chi connectivity index (χ3n) is 1.92. The maximum Gasteiger partial charge on any atom is 0.308 e. The molecular formula is C9H17ClO3. The summed E-state index contributed by atoms with van der Waals surface area (Å²) in [7, 11) is 0. The van der Waals surface area contributed by atoms with E-state index in [1.54, 1.807) is 0 Å². The Kier molecular flexibility index (Phi) is 7.00. The zero-order chi connectivity index (χ0) is 10.3. The number of hydrogen-bond acceptors (Lipinski definition) is 3. The van der Waals surface area contributed by atoms with Crippen molar-refractivity contribution in [2.24, 2.45) is 5.92 Å². The van der Waals surface area contributed by atoms with Gasteiger partial charge in [-0.3, -0.25) is 4.79 Å². The predicted molar refractivity (Wildman–Crippen MR) is 51.8 cm³/mol. The van der Waals surface area contributed by atoms with E-state index in [1.807, 2.05) is 13.8 Å². The summed E-state index contributed by atoms with van der Waals surface area (Å²) in [5, 5.41) is 9.02. The first kappa shape index (κ1) is 12.7. The second-order valence-corrected chi connectivity index (χ2v) is 3.26. The Hall–Kier alpha value is -0.280. The molecule has 0 saturated heterocycles. The molecule has 1 unspecified atom stereocenters. The lowest BCUT2D eigenvalue weighted by atomic mass is 10.0. The predicted octanol–water partition coefficient (Wildman–Crippen LogP) is 1.57. The lowest BCUT2D eigenvalue weighted by Gasteiger charge is -2.13. The van der Waals surface area contributed by atoms with Crippen LogP contribution in [0.3, 0.4) is 0 Å². The average Bonchev–Trinajstić information content (AvgIpc) is 2.16. The number of aliphatic hydroxyl groups excluding tert-OH is 1. The van der Waals surface area contributed by atoms with Gasteiger partial charge in [-0.25, -0.2) is 0 Å². The number of alkyl halides is 1. The van der Waals surface area contributed by atoms with Gasteiger partial charge in [-0.15, -0.1) is 11.6 Å². The maximum atomic E-state index is 11.2. The van der Waals surface area contributed by atoms with Gasteiger partial charge in [-0.2, -0.15) is 0 Å². The molecule has 0 amide bonds. The molecule has 0 aliphatic rings. The molecule has 0 heterocycles. The van der Waals surface area contributed by atoms with E-state index in [-0.39, 0.29) is 24.4 Å². The van der Waals surface area contributed by atoms with Gasteiger partial charge in [0.1, 0.15) is 12.7 Å². The first-order valence-corrected chi connectivity index (χ1v) is 5.09. The third-order valence-corrected chi connectivity index (χ3v) is 2.27. The molecule has 0 radical (unpaired) electrons. The number of halogens is 1. The number of aliphatic hydroxyl groups is 1. The minimum Gasteiger partial charge on any atom is -0.463 e. The fourth-order valence-electron chi connectivity index (χ4n) is 0.963. The average molecular weight is 209 g/mol. The molecule has 0 fully saturated rings. The summed E-state index contributed by atoms with van der Waals surface area (Å²) in [6.07, 6.45) is 0.790. The lowest BCUT2D eigenvalue weighted by molar-refractivity contribution is -0.151. The number of carbonyl (C=O) groups is 1. The molecule has 0 aromatic heterocycles. The largest absolute Gasteiger partial charge is 0.463 e. The van der Waals surface area contributed by atoms with Crippen LogP contribution in [0, 0.1) is 5.92 Å². The Morgan fingerprint density at radius 3 is 2.38 bits per heavy atom. The van der Waals surface area contributed by atoms with Crippen molar-refractivity contribution in [1.82, 2.24) is 0 Å².